The van der Waals surface area contributed by atoms with E-state index >= 15 is 0 Å². The molecule has 2 N–H and O–H groups in total. The molecule has 6 nitrogen and oxygen atoms in total. The summed E-state index contributed by atoms with van der Waals surface area (Å²) in [7, 11) is 0. The Morgan fingerprint density at radius 1 is 0.935 bits per heavy atom. The van der Waals surface area contributed by atoms with Crippen molar-refractivity contribution in [1.29, 1.82) is 0 Å². The van der Waals surface area contributed by atoms with E-state index in [1.54, 1.807) is 18.2 Å². The molecule has 0 atom stereocenters. The van der Waals surface area contributed by atoms with E-state index < -0.39 is 5.97 Å². The molecule has 4 rings (SSSR count). The Morgan fingerprint density at radius 2 is 1.71 bits per heavy atom. The Kier molecular flexibility index (Phi) is 5.54. The van der Waals surface area contributed by atoms with Crippen LogP contribution >= 0.6 is 0 Å². The fourth-order valence-corrected chi connectivity index (χ4v) is 3.22. The van der Waals surface area contributed by atoms with Gasteiger partial charge in [0.2, 0.25) is 0 Å². The molecule has 0 bridgehead atoms. The lowest BCUT2D eigenvalue weighted by Crippen LogP contribution is -2.21. The predicted molar refractivity (Wildman–Crippen MR) is 121 cm³/mol. The average Bonchev–Trinajstić information content (AvgIpc) is 3.18. The first kappa shape index (κ1) is 20.3. The van der Waals surface area contributed by atoms with Gasteiger partial charge in [-0.15, -0.1) is 0 Å². The van der Waals surface area contributed by atoms with E-state index in [2.05, 4.69) is 15.3 Å². The number of imidazole rings is 1. The van der Waals surface area contributed by atoms with Crippen molar-refractivity contribution < 1.29 is 14.3 Å². The van der Waals surface area contributed by atoms with E-state index in [-0.39, 0.29) is 12.5 Å². The number of benzene rings is 3. The van der Waals surface area contributed by atoms with Crippen LogP contribution in [-0.2, 0) is 9.53 Å². The number of rotatable bonds is 5. The van der Waals surface area contributed by atoms with Crippen molar-refractivity contribution in [2.24, 2.45) is 0 Å². The molecule has 0 aliphatic heterocycles. The Labute approximate surface area is 180 Å². The van der Waals surface area contributed by atoms with Gasteiger partial charge in [0.15, 0.2) is 6.61 Å². The van der Waals surface area contributed by atoms with Crippen LogP contribution in [0.1, 0.15) is 27.0 Å². The van der Waals surface area contributed by atoms with Crippen LogP contribution in [0.5, 0.6) is 0 Å². The molecule has 0 fully saturated rings. The van der Waals surface area contributed by atoms with E-state index in [0.29, 0.717) is 11.3 Å². The van der Waals surface area contributed by atoms with Gasteiger partial charge >= 0.3 is 5.97 Å². The number of anilines is 1. The molecule has 0 aliphatic carbocycles. The molecule has 4 aromatic rings. The lowest BCUT2D eigenvalue weighted by molar-refractivity contribution is -0.119. The maximum Gasteiger partial charge on any atom is 0.338 e. The molecule has 0 aliphatic rings. The number of ether oxygens (including phenoxy) is 1. The van der Waals surface area contributed by atoms with Crippen LogP contribution in [-0.4, -0.2) is 28.5 Å². The van der Waals surface area contributed by atoms with Gasteiger partial charge in [-0.1, -0.05) is 35.9 Å². The second-order valence-electron chi connectivity index (χ2n) is 7.61. The van der Waals surface area contributed by atoms with Gasteiger partial charge in [0.05, 0.1) is 16.6 Å². The number of esters is 1. The fraction of sp³-hybridized carbons (Fsp3) is 0.160. The van der Waals surface area contributed by atoms with Crippen LogP contribution in [0.25, 0.3) is 22.4 Å². The van der Waals surface area contributed by atoms with Gasteiger partial charge in [-0.2, -0.15) is 0 Å². The third-order valence-electron chi connectivity index (χ3n) is 5.17. The Morgan fingerprint density at radius 3 is 2.45 bits per heavy atom. The molecule has 0 unspecified atom stereocenters. The van der Waals surface area contributed by atoms with Crippen molar-refractivity contribution in [3.05, 3.63) is 82.9 Å². The normalized spacial score (nSPS) is 10.8. The van der Waals surface area contributed by atoms with Crippen molar-refractivity contribution in [2.45, 2.75) is 20.8 Å². The monoisotopic (exact) mass is 413 g/mol. The summed E-state index contributed by atoms with van der Waals surface area (Å²) in [4.78, 5) is 32.4. The second kappa shape index (κ2) is 8.44. The highest BCUT2D eigenvalue weighted by molar-refractivity contribution is 5.97. The summed E-state index contributed by atoms with van der Waals surface area (Å²) in [5.41, 5.74) is 6.86. The quantitative estimate of drug-likeness (QED) is 0.454. The molecular weight excluding hydrogens is 390 g/mol. The summed E-state index contributed by atoms with van der Waals surface area (Å²) in [6.45, 7) is 5.65. The molecule has 0 saturated carbocycles. The topological polar surface area (TPSA) is 84.1 Å². The Hall–Kier alpha value is -3.93. The maximum atomic E-state index is 12.4. The van der Waals surface area contributed by atoms with E-state index in [1.807, 2.05) is 63.2 Å². The number of fused-ring (bicyclic) bond motifs is 1. The molecule has 6 heteroatoms. The fourth-order valence-electron chi connectivity index (χ4n) is 3.22. The third-order valence-corrected chi connectivity index (χ3v) is 5.17. The molecular formula is C25H23N3O3. The number of H-pyrrole nitrogens is 1. The van der Waals surface area contributed by atoms with Crippen molar-refractivity contribution in [1.82, 2.24) is 9.97 Å². The molecule has 1 aromatic heterocycles. The highest BCUT2D eigenvalue weighted by atomic mass is 16.5. The molecule has 0 saturated heterocycles. The van der Waals surface area contributed by atoms with Crippen LogP contribution in [0, 0.1) is 20.8 Å². The van der Waals surface area contributed by atoms with Gasteiger partial charge in [0.25, 0.3) is 5.91 Å². The van der Waals surface area contributed by atoms with Gasteiger partial charge in [-0.25, -0.2) is 9.78 Å². The minimum absolute atomic E-state index is 0.352. The number of amides is 1. The molecule has 1 amide bonds. The molecule has 156 valence electrons. The first-order valence-corrected chi connectivity index (χ1v) is 10.00. The maximum absolute atomic E-state index is 12.4. The highest BCUT2D eigenvalue weighted by Crippen LogP contribution is 2.22. The van der Waals surface area contributed by atoms with Crippen LogP contribution in [0.4, 0.5) is 5.69 Å². The summed E-state index contributed by atoms with van der Waals surface area (Å²) in [6.07, 6.45) is 0. The molecule has 1 heterocycles. The minimum Gasteiger partial charge on any atom is -0.452 e. The molecule has 0 spiro atoms. The Bertz CT molecular complexity index is 1270. The van der Waals surface area contributed by atoms with Gasteiger partial charge in [-0.05, 0) is 62.2 Å². The van der Waals surface area contributed by atoms with Gasteiger partial charge in [-0.3, -0.25) is 4.79 Å². The van der Waals surface area contributed by atoms with E-state index in [1.165, 1.54) is 5.56 Å². The van der Waals surface area contributed by atoms with Gasteiger partial charge < -0.3 is 15.0 Å². The third kappa shape index (κ3) is 4.64. The smallest absolute Gasteiger partial charge is 0.338 e. The number of hydrogen-bond acceptors (Lipinski definition) is 4. The lowest BCUT2D eigenvalue weighted by Gasteiger charge is -2.08. The van der Waals surface area contributed by atoms with E-state index in [9.17, 15) is 9.59 Å². The number of hydrogen-bond donors (Lipinski definition) is 2. The van der Waals surface area contributed by atoms with Crippen molar-refractivity contribution >= 4 is 28.6 Å². The Balaban J connectivity index is 1.42. The predicted octanol–water partition coefficient (Wildman–Crippen LogP) is 4.95. The number of carbonyl (C=O) groups is 2. The zero-order chi connectivity index (χ0) is 22.0. The van der Waals surface area contributed by atoms with Crippen LogP contribution in [0.15, 0.2) is 60.7 Å². The van der Waals surface area contributed by atoms with E-state index in [0.717, 1.165) is 33.5 Å². The first-order chi connectivity index (χ1) is 14.9. The van der Waals surface area contributed by atoms with Crippen molar-refractivity contribution in [3.8, 4) is 11.4 Å². The highest BCUT2D eigenvalue weighted by Gasteiger charge is 2.13. The SMILES string of the molecule is Cc1ccc(-c2nc3ccc(C(=O)OCC(=O)Nc4ccc(C)c(C)c4)cc3[nH]2)cc1. The lowest BCUT2D eigenvalue weighted by atomic mass is 10.1. The zero-order valence-corrected chi connectivity index (χ0v) is 17.7. The van der Waals surface area contributed by atoms with Crippen LogP contribution < -0.4 is 5.32 Å². The number of aromatic amines is 1. The summed E-state index contributed by atoms with van der Waals surface area (Å²) >= 11 is 0. The summed E-state index contributed by atoms with van der Waals surface area (Å²) in [5.74, 6) is -0.224. The molecule has 31 heavy (non-hydrogen) atoms. The number of nitrogens with one attached hydrogen (secondary N) is 2. The minimum atomic E-state index is -0.566. The summed E-state index contributed by atoms with van der Waals surface area (Å²) in [5, 5.41) is 2.74. The first-order valence-electron chi connectivity index (χ1n) is 10.00. The number of aromatic nitrogens is 2. The summed E-state index contributed by atoms with van der Waals surface area (Å²) in [6, 6.07) is 18.8. The van der Waals surface area contributed by atoms with Gasteiger partial charge in [0.1, 0.15) is 5.82 Å². The number of nitrogens with zero attached hydrogens (tertiary/aromatic N) is 1. The number of aryl methyl sites for hydroxylation is 3. The molecule has 3 aromatic carbocycles. The zero-order valence-electron chi connectivity index (χ0n) is 17.7. The summed E-state index contributed by atoms with van der Waals surface area (Å²) < 4.78 is 5.18. The van der Waals surface area contributed by atoms with Crippen LogP contribution in [0.2, 0.25) is 0 Å². The molecule has 0 radical (unpaired) electrons. The standard InChI is InChI=1S/C25H23N3O3/c1-15-4-7-18(8-5-15)24-27-21-11-9-19(13-22(21)28-24)25(30)31-14-23(29)26-20-10-6-16(2)17(3)12-20/h4-13H,14H2,1-3H3,(H,26,29)(H,27,28). The van der Waals surface area contributed by atoms with Crippen LogP contribution in [0.3, 0.4) is 0 Å². The van der Waals surface area contributed by atoms with Crippen molar-refractivity contribution in [2.75, 3.05) is 11.9 Å². The average molecular weight is 413 g/mol. The second-order valence-corrected chi connectivity index (χ2v) is 7.61. The number of carbonyl (C=O) groups excluding carboxylic acids is 2. The largest absolute Gasteiger partial charge is 0.452 e. The van der Waals surface area contributed by atoms with Gasteiger partial charge in [0, 0.05) is 11.3 Å². The van der Waals surface area contributed by atoms with E-state index in [4.69, 9.17) is 4.74 Å². The van der Waals surface area contributed by atoms with Crippen molar-refractivity contribution in [3.63, 3.8) is 0 Å².